The summed E-state index contributed by atoms with van der Waals surface area (Å²) in [5.41, 5.74) is 1.36. The summed E-state index contributed by atoms with van der Waals surface area (Å²) in [5, 5.41) is 3.57. The van der Waals surface area contributed by atoms with E-state index in [1.54, 1.807) is 0 Å². The molecule has 20 heavy (non-hydrogen) atoms. The Kier molecular flexibility index (Phi) is 4.53. The lowest BCUT2D eigenvalue weighted by atomic mass is 10.2. The molecule has 0 atom stereocenters. The molecule has 1 N–H and O–H groups in total. The number of nitrogens with one attached hydrogen (secondary N) is 1. The van der Waals surface area contributed by atoms with Gasteiger partial charge in [0, 0.05) is 45.0 Å². The Bertz CT molecular complexity index is 422. The van der Waals surface area contributed by atoms with Gasteiger partial charge in [0.05, 0.1) is 0 Å². The Hall–Kier alpha value is -1.13. The van der Waals surface area contributed by atoms with Crippen molar-refractivity contribution in [1.82, 2.24) is 15.2 Å². The lowest BCUT2D eigenvalue weighted by molar-refractivity contribution is 0.258. The predicted molar refractivity (Wildman–Crippen MR) is 83.0 cm³/mol. The number of pyridine rings is 1. The maximum Gasteiger partial charge on any atom is 0.128 e. The summed E-state index contributed by atoms with van der Waals surface area (Å²) in [5.74, 6) is 1.15. The van der Waals surface area contributed by atoms with Crippen molar-refractivity contribution in [3.05, 3.63) is 23.9 Å². The van der Waals surface area contributed by atoms with E-state index in [1.165, 1.54) is 44.5 Å². The van der Waals surface area contributed by atoms with Crippen LogP contribution in [0.25, 0.3) is 0 Å². The van der Waals surface area contributed by atoms with Crippen molar-refractivity contribution in [1.29, 1.82) is 0 Å². The van der Waals surface area contributed by atoms with E-state index in [0.717, 1.165) is 31.5 Å². The zero-order valence-electron chi connectivity index (χ0n) is 12.5. The fourth-order valence-electron chi connectivity index (χ4n) is 2.81. The quantitative estimate of drug-likeness (QED) is 0.858. The summed E-state index contributed by atoms with van der Waals surface area (Å²) in [6.07, 6.45) is 5.90. The second-order valence-electron chi connectivity index (χ2n) is 6.01. The lowest BCUT2D eigenvalue weighted by Crippen LogP contribution is -2.46. The van der Waals surface area contributed by atoms with Crippen LogP contribution in [0.3, 0.4) is 0 Å². The number of piperazine rings is 1. The minimum atomic E-state index is 0.768. The van der Waals surface area contributed by atoms with E-state index in [2.05, 4.69) is 39.2 Å². The first-order chi connectivity index (χ1) is 9.85. The Labute approximate surface area is 122 Å². The van der Waals surface area contributed by atoms with Gasteiger partial charge in [-0.25, -0.2) is 4.98 Å². The van der Waals surface area contributed by atoms with Crippen LogP contribution in [0.5, 0.6) is 0 Å². The molecule has 1 saturated carbocycles. The SMILES string of the molecule is CCCN1CCN(c2cc(CNC3CC3)ccn2)CC1. The molecule has 0 unspecified atom stereocenters. The van der Waals surface area contributed by atoms with Crippen LogP contribution in [0, 0.1) is 0 Å². The average molecular weight is 274 g/mol. The molecule has 1 aromatic rings. The smallest absolute Gasteiger partial charge is 0.128 e. The number of hydrogen-bond acceptors (Lipinski definition) is 4. The second-order valence-corrected chi connectivity index (χ2v) is 6.01. The molecular formula is C16H26N4. The van der Waals surface area contributed by atoms with Gasteiger partial charge in [-0.3, -0.25) is 4.90 Å². The first-order valence-corrected chi connectivity index (χ1v) is 8.01. The number of aromatic nitrogens is 1. The third-order valence-corrected chi connectivity index (χ3v) is 4.22. The maximum absolute atomic E-state index is 4.56. The van der Waals surface area contributed by atoms with E-state index in [-0.39, 0.29) is 0 Å². The van der Waals surface area contributed by atoms with Gasteiger partial charge in [-0.2, -0.15) is 0 Å². The van der Waals surface area contributed by atoms with Crippen LogP contribution >= 0.6 is 0 Å². The number of nitrogens with zero attached hydrogens (tertiary/aromatic N) is 3. The highest BCUT2D eigenvalue weighted by Crippen LogP contribution is 2.20. The molecule has 3 rings (SSSR count). The molecule has 2 heterocycles. The third-order valence-electron chi connectivity index (χ3n) is 4.22. The van der Waals surface area contributed by atoms with Crippen molar-refractivity contribution >= 4 is 5.82 Å². The van der Waals surface area contributed by atoms with Gasteiger partial charge in [-0.05, 0) is 43.5 Å². The first-order valence-electron chi connectivity index (χ1n) is 8.01. The fraction of sp³-hybridized carbons (Fsp3) is 0.688. The number of rotatable bonds is 6. The molecule has 2 fully saturated rings. The Balaban J connectivity index is 1.55. The molecule has 0 spiro atoms. The molecular weight excluding hydrogens is 248 g/mol. The minimum Gasteiger partial charge on any atom is -0.354 e. The highest BCUT2D eigenvalue weighted by Gasteiger charge is 2.20. The summed E-state index contributed by atoms with van der Waals surface area (Å²) < 4.78 is 0. The van der Waals surface area contributed by atoms with E-state index >= 15 is 0 Å². The zero-order chi connectivity index (χ0) is 13.8. The van der Waals surface area contributed by atoms with E-state index in [4.69, 9.17) is 0 Å². The molecule has 0 amide bonds. The molecule has 2 aliphatic rings. The molecule has 0 aromatic carbocycles. The molecule has 1 aliphatic heterocycles. The van der Waals surface area contributed by atoms with Gasteiger partial charge in [0.15, 0.2) is 0 Å². The summed E-state index contributed by atoms with van der Waals surface area (Å²) in [4.78, 5) is 9.53. The molecule has 0 bridgehead atoms. The summed E-state index contributed by atoms with van der Waals surface area (Å²) in [7, 11) is 0. The predicted octanol–water partition coefficient (Wildman–Crippen LogP) is 1.87. The monoisotopic (exact) mass is 274 g/mol. The fourth-order valence-corrected chi connectivity index (χ4v) is 2.81. The number of hydrogen-bond donors (Lipinski definition) is 1. The van der Waals surface area contributed by atoms with Crippen LogP contribution in [0.4, 0.5) is 5.82 Å². The van der Waals surface area contributed by atoms with Gasteiger partial charge in [-0.1, -0.05) is 6.92 Å². The Morgan fingerprint density at radius 2 is 2.05 bits per heavy atom. The van der Waals surface area contributed by atoms with Crippen molar-refractivity contribution in [2.24, 2.45) is 0 Å². The van der Waals surface area contributed by atoms with Crippen LogP contribution in [0.2, 0.25) is 0 Å². The molecule has 110 valence electrons. The molecule has 4 nitrogen and oxygen atoms in total. The van der Waals surface area contributed by atoms with Crippen LogP contribution in [0.1, 0.15) is 31.7 Å². The van der Waals surface area contributed by atoms with Gasteiger partial charge >= 0.3 is 0 Å². The minimum absolute atomic E-state index is 0.768. The molecule has 1 saturated heterocycles. The van der Waals surface area contributed by atoms with Gasteiger partial charge in [-0.15, -0.1) is 0 Å². The van der Waals surface area contributed by atoms with Gasteiger partial charge in [0.1, 0.15) is 5.82 Å². The van der Waals surface area contributed by atoms with E-state index in [1.807, 2.05) is 6.20 Å². The molecule has 1 aromatic heterocycles. The average Bonchev–Trinajstić information content (AvgIpc) is 3.31. The standard InChI is InChI=1S/C16H26N4/c1-2-7-19-8-10-20(11-9-19)16-12-14(5-6-17-16)13-18-15-3-4-15/h5-6,12,15,18H,2-4,7-11,13H2,1H3. The highest BCUT2D eigenvalue weighted by molar-refractivity contribution is 5.41. The molecule has 4 heteroatoms. The number of anilines is 1. The van der Waals surface area contributed by atoms with E-state index in [9.17, 15) is 0 Å². The van der Waals surface area contributed by atoms with Crippen LogP contribution < -0.4 is 10.2 Å². The maximum atomic E-state index is 4.56. The van der Waals surface area contributed by atoms with Crippen molar-refractivity contribution in [3.63, 3.8) is 0 Å². The topological polar surface area (TPSA) is 31.4 Å². The normalized spacial score (nSPS) is 20.4. The van der Waals surface area contributed by atoms with Crippen LogP contribution in [0.15, 0.2) is 18.3 Å². The van der Waals surface area contributed by atoms with Gasteiger partial charge in [0.25, 0.3) is 0 Å². The van der Waals surface area contributed by atoms with Crippen molar-refractivity contribution in [2.75, 3.05) is 37.6 Å². The van der Waals surface area contributed by atoms with Crippen LogP contribution in [-0.4, -0.2) is 48.6 Å². The van der Waals surface area contributed by atoms with E-state index in [0.29, 0.717) is 0 Å². The Morgan fingerprint density at radius 1 is 1.25 bits per heavy atom. The summed E-state index contributed by atoms with van der Waals surface area (Å²) in [6.45, 7) is 9.01. The summed E-state index contributed by atoms with van der Waals surface area (Å²) in [6, 6.07) is 5.15. The van der Waals surface area contributed by atoms with Crippen molar-refractivity contribution in [3.8, 4) is 0 Å². The van der Waals surface area contributed by atoms with Crippen LogP contribution in [-0.2, 0) is 6.54 Å². The van der Waals surface area contributed by atoms with Crippen molar-refractivity contribution in [2.45, 2.75) is 38.8 Å². The Morgan fingerprint density at radius 3 is 2.75 bits per heavy atom. The first kappa shape index (κ1) is 13.8. The molecule has 0 radical (unpaired) electrons. The van der Waals surface area contributed by atoms with Crippen molar-refractivity contribution < 1.29 is 0 Å². The lowest BCUT2D eigenvalue weighted by Gasteiger charge is -2.35. The van der Waals surface area contributed by atoms with Gasteiger partial charge in [0.2, 0.25) is 0 Å². The third kappa shape index (κ3) is 3.70. The second kappa shape index (κ2) is 6.55. The highest BCUT2D eigenvalue weighted by atomic mass is 15.3. The van der Waals surface area contributed by atoms with E-state index < -0.39 is 0 Å². The molecule has 1 aliphatic carbocycles. The largest absolute Gasteiger partial charge is 0.354 e. The van der Waals surface area contributed by atoms with Gasteiger partial charge < -0.3 is 10.2 Å². The summed E-state index contributed by atoms with van der Waals surface area (Å²) >= 11 is 0. The zero-order valence-corrected chi connectivity index (χ0v) is 12.5.